The van der Waals surface area contributed by atoms with E-state index in [1.165, 1.54) is 0 Å². The first kappa shape index (κ1) is 17.2. The molecule has 0 aliphatic rings. The molecule has 0 aliphatic heterocycles. The maximum Gasteiger partial charge on any atom is 0.258 e. The highest BCUT2D eigenvalue weighted by atomic mass is 35.5. The molecule has 3 aromatic rings. The van der Waals surface area contributed by atoms with E-state index in [4.69, 9.17) is 11.6 Å². The van der Waals surface area contributed by atoms with E-state index >= 15 is 0 Å². The highest BCUT2D eigenvalue weighted by molar-refractivity contribution is 6.31. The number of nitrogens with zero attached hydrogens (tertiary/aromatic N) is 3. The molecule has 2 heterocycles. The summed E-state index contributed by atoms with van der Waals surface area (Å²) in [5.74, 6) is -0.206. The first-order valence-electron chi connectivity index (χ1n) is 7.96. The van der Waals surface area contributed by atoms with Gasteiger partial charge >= 0.3 is 0 Å². The quantitative estimate of drug-likeness (QED) is 0.765. The highest BCUT2D eigenvalue weighted by Gasteiger charge is 2.13. The van der Waals surface area contributed by atoms with Crippen LogP contribution in [0.3, 0.4) is 0 Å². The Kier molecular flexibility index (Phi) is 4.86. The lowest BCUT2D eigenvalue weighted by atomic mass is 10.1. The van der Waals surface area contributed by atoms with Gasteiger partial charge in [0.1, 0.15) is 0 Å². The number of amides is 1. The van der Waals surface area contributed by atoms with E-state index in [2.05, 4.69) is 15.4 Å². The van der Waals surface area contributed by atoms with Crippen LogP contribution in [0.4, 0.5) is 5.69 Å². The number of carbonyl (C=O) groups is 1. The molecule has 3 rings (SSSR count). The molecule has 1 aromatic carbocycles. The number of hydrogen-bond donors (Lipinski definition) is 1. The number of halogens is 1. The van der Waals surface area contributed by atoms with Gasteiger partial charge in [-0.25, -0.2) is 0 Å². The Labute approximate surface area is 151 Å². The summed E-state index contributed by atoms with van der Waals surface area (Å²) in [6.45, 7) is 6.29. The zero-order valence-electron chi connectivity index (χ0n) is 14.4. The molecule has 0 aliphatic carbocycles. The standard InChI is InChI=1S/C19H19ClN4O/c1-12-8-13(2)22-14(3)18(12)23-19(25)16-9-21-24(11-16)10-15-6-4-5-7-17(15)20/h4-9,11H,10H2,1-3H3,(H,23,25). The van der Waals surface area contributed by atoms with Crippen LogP contribution in [-0.2, 0) is 6.54 Å². The molecule has 5 nitrogen and oxygen atoms in total. The molecule has 128 valence electrons. The van der Waals surface area contributed by atoms with Gasteiger partial charge in [-0.2, -0.15) is 5.10 Å². The molecule has 1 amide bonds. The molecule has 2 aromatic heterocycles. The van der Waals surface area contributed by atoms with Crippen molar-refractivity contribution in [1.82, 2.24) is 14.8 Å². The number of nitrogens with one attached hydrogen (secondary N) is 1. The molecule has 0 unspecified atom stereocenters. The average molecular weight is 355 g/mol. The normalized spacial score (nSPS) is 10.7. The lowest BCUT2D eigenvalue weighted by Crippen LogP contribution is -2.14. The van der Waals surface area contributed by atoms with Gasteiger partial charge in [-0.1, -0.05) is 29.8 Å². The van der Waals surface area contributed by atoms with Crippen molar-refractivity contribution in [1.29, 1.82) is 0 Å². The number of anilines is 1. The van der Waals surface area contributed by atoms with Crippen molar-refractivity contribution in [3.8, 4) is 0 Å². The van der Waals surface area contributed by atoms with Crippen LogP contribution in [0.25, 0.3) is 0 Å². The van der Waals surface area contributed by atoms with Crippen LogP contribution in [0.2, 0.25) is 5.02 Å². The number of aryl methyl sites for hydroxylation is 3. The van der Waals surface area contributed by atoms with E-state index in [-0.39, 0.29) is 5.91 Å². The maximum atomic E-state index is 12.5. The summed E-state index contributed by atoms with van der Waals surface area (Å²) >= 11 is 6.17. The molecule has 0 saturated carbocycles. The van der Waals surface area contributed by atoms with Crippen LogP contribution < -0.4 is 5.32 Å². The van der Waals surface area contributed by atoms with Crippen molar-refractivity contribution in [2.45, 2.75) is 27.3 Å². The van der Waals surface area contributed by atoms with Crippen molar-refractivity contribution < 1.29 is 4.79 Å². The first-order valence-corrected chi connectivity index (χ1v) is 8.34. The zero-order valence-corrected chi connectivity index (χ0v) is 15.1. The van der Waals surface area contributed by atoms with Crippen LogP contribution in [0.15, 0.2) is 42.7 Å². The van der Waals surface area contributed by atoms with Gasteiger partial charge in [0.2, 0.25) is 0 Å². The van der Waals surface area contributed by atoms with Gasteiger partial charge in [0.05, 0.1) is 29.7 Å². The molecule has 0 bridgehead atoms. The summed E-state index contributed by atoms with van der Waals surface area (Å²) in [6, 6.07) is 9.53. The van der Waals surface area contributed by atoms with Crippen LogP contribution in [0, 0.1) is 20.8 Å². The molecule has 25 heavy (non-hydrogen) atoms. The Balaban J connectivity index is 1.76. The summed E-state index contributed by atoms with van der Waals surface area (Å²) in [5.41, 5.74) is 4.91. The number of carbonyl (C=O) groups excluding carboxylic acids is 1. The number of hydrogen-bond acceptors (Lipinski definition) is 3. The van der Waals surface area contributed by atoms with Crippen molar-refractivity contribution in [2.24, 2.45) is 0 Å². The minimum absolute atomic E-state index is 0.206. The van der Waals surface area contributed by atoms with E-state index in [9.17, 15) is 4.79 Å². The summed E-state index contributed by atoms with van der Waals surface area (Å²) in [5, 5.41) is 7.87. The maximum absolute atomic E-state index is 12.5. The average Bonchev–Trinajstić information content (AvgIpc) is 3.01. The summed E-state index contributed by atoms with van der Waals surface area (Å²) in [4.78, 5) is 16.9. The van der Waals surface area contributed by atoms with Gasteiger partial charge in [-0.15, -0.1) is 0 Å². The van der Waals surface area contributed by atoms with Gasteiger partial charge in [0, 0.05) is 16.9 Å². The molecule has 0 saturated heterocycles. The van der Waals surface area contributed by atoms with Crippen molar-refractivity contribution in [3.05, 3.63) is 75.8 Å². The Morgan fingerprint density at radius 2 is 2.00 bits per heavy atom. The minimum atomic E-state index is -0.206. The molecule has 0 fully saturated rings. The molecule has 1 N–H and O–H groups in total. The van der Waals surface area contributed by atoms with Crippen molar-refractivity contribution in [2.75, 3.05) is 5.32 Å². The SMILES string of the molecule is Cc1cc(C)c(NC(=O)c2cnn(Cc3ccccc3Cl)c2)c(C)n1. The smallest absolute Gasteiger partial charge is 0.258 e. The second-order valence-electron chi connectivity index (χ2n) is 6.01. The Morgan fingerprint density at radius 3 is 2.72 bits per heavy atom. The van der Waals surface area contributed by atoms with Gasteiger partial charge in [0.25, 0.3) is 5.91 Å². The molecule has 6 heteroatoms. The Bertz CT molecular complexity index is 910. The number of benzene rings is 1. The third-order valence-electron chi connectivity index (χ3n) is 3.95. The second-order valence-corrected chi connectivity index (χ2v) is 6.42. The lowest BCUT2D eigenvalue weighted by Gasteiger charge is -2.11. The fourth-order valence-corrected chi connectivity index (χ4v) is 2.96. The van der Waals surface area contributed by atoms with Gasteiger partial charge in [0.15, 0.2) is 0 Å². The van der Waals surface area contributed by atoms with Crippen molar-refractivity contribution >= 4 is 23.2 Å². The molecule has 0 spiro atoms. The topological polar surface area (TPSA) is 59.8 Å². The fraction of sp³-hybridized carbons (Fsp3) is 0.211. The van der Waals surface area contributed by atoms with E-state index in [0.29, 0.717) is 17.1 Å². The van der Waals surface area contributed by atoms with Crippen LogP contribution >= 0.6 is 11.6 Å². The van der Waals surface area contributed by atoms with Gasteiger partial charge < -0.3 is 5.32 Å². The number of aromatic nitrogens is 3. The minimum Gasteiger partial charge on any atom is -0.320 e. The molecular formula is C19H19ClN4O. The van der Waals surface area contributed by atoms with E-state index in [1.807, 2.05) is 51.1 Å². The second kappa shape index (κ2) is 7.07. The molecule has 0 radical (unpaired) electrons. The van der Waals surface area contributed by atoms with Crippen LogP contribution in [0.1, 0.15) is 32.9 Å². The third-order valence-corrected chi connectivity index (χ3v) is 4.32. The van der Waals surface area contributed by atoms with Crippen LogP contribution in [-0.4, -0.2) is 20.7 Å². The molecular weight excluding hydrogens is 336 g/mol. The number of pyridine rings is 1. The summed E-state index contributed by atoms with van der Waals surface area (Å²) in [6.07, 6.45) is 3.27. The van der Waals surface area contributed by atoms with E-state index in [1.54, 1.807) is 17.1 Å². The van der Waals surface area contributed by atoms with Gasteiger partial charge in [-0.3, -0.25) is 14.5 Å². The molecule has 0 atom stereocenters. The Hall–Kier alpha value is -2.66. The Morgan fingerprint density at radius 1 is 1.24 bits per heavy atom. The van der Waals surface area contributed by atoms with E-state index in [0.717, 1.165) is 28.2 Å². The third kappa shape index (κ3) is 3.88. The van der Waals surface area contributed by atoms with Crippen molar-refractivity contribution in [3.63, 3.8) is 0 Å². The predicted octanol–water partition coefficient (Wildman–Crippen LogP) is 4.16. The first-order chi connectivity index (χ1) is 11.9. The van der Waals surface area contributed by atoms with Gasteiger partial charge in [-0.05, 0) is 44.0 Å². The monoisotopic (exact) mass is 354 g/mol. The zero-order chi connectivity index (χ0) is 18.0. The predicted molar refractivity (Wildman–Crippen MR) is 99.2 cm³/mol. The largest absolute Gasteiger partial charge is 0.320 e. The highest BCUT2D eigenvalue weighted by Crippen LogP contribution is 2.20. The summed E-state index contributed by atoms with van der Waals surface area (Å²) in [7, 11) is 0. The van der Waals surface area contributed by atoms with Crippen LogP contribution in [0.5, 0.6) is 0 Å². The van der Waals surface area contributed by atoms with E-state index < -0.39 is 0 Å². The fourth-order valence-electron chi connectivity index (χ4n) is 2.77. The lowest BCUT2D eigenvalue weighted by molar-refractivity contribution is 0.102. The summed E-state index contributed by atoms with van der Waals surface area (Å²) < 4.78 is 1.70. The number of rotatable bonds is 4.